The Morgan fingerprint density at radius 2 is 1.96 bits per heavy atom. The van der Waals surface area contributed by atoms with Crippen molar-refractivity contribution >= 4 is 17.6 Å². The minimum absolute atomic E-state index is 0.193. The first-order chi connectivity index (χ1) is 11.1. The number of hydrogen-bond donors (Lipinski definition) is 2. The Bertz CT molecular complexity index is 675. The van der Waals surface area contributed by atoms with Gasteiger partial charge in [0.05, 0.1) is 0 Å². The SMILES string of the molecule is CN(CCc1ccccn1)c1ncccc1CNC(=O)C(N)=O. The van der Waals surface area contributed by atoms with E-state index in [1.165, 1.54) is 0 Å². The van der Waals surface area contributed by atoms with E-state index in [9.17, 15) is 9.59 Å². The number of hydrogen-bond acceptors (Lipinski definition) is 5. The smallest absolute Gasteiger partial charge is 0.309 e. The lowest BCUT2D eigenvalue weighted by Gasteiger charge is -2.21. The van der Waals surface area contributed by atoms with E-state index in [1.54, 1.807) is 18.5 Å². The van der Waals surface area contributed by atoms with Crippen molar-refractivity contribution in [2.45, 2.75) is 13.0 Å². The zero-order valence-corrected chi connectivity index (χ0v) is 12.9. The van der Waals surface area contributed by atoms with Gasteiger partial charge >= 0.3 is 11.8 Å². The number of anilines is 1. The number of carbonyl (C=O) groups is 2. The summed E-state index contributed by atoms with van der Waals surface area (Å²) in [5, 5.41) is 2.47. The number of nitrogens with two attached hydrogens (primary N) is 1. The lowest BCUT2D eigenvalue weighted by atomic mass is 10.2. The molecular weight excluding hydrogens is 294 g/mol. The van der Waals surface area contributed by atoms with Crippen LogP contribution in [0.3, 0.4) is 0 Å². The number of nitrogens with zero attached hydrogens (tertiary/aromatic N) is 3. The minimum Gasteiger partial charge on any atom is -0.361 e. The third-order valence-electron chi connectivity index (χ3n) is 3.32. The van der Waals surface area contributed by atoms with Crippen molar-refractivity contribution in [3.8, 4) is 0 Å². The highest BCUT2D eigenvalue weighted by Crippen LogP contribution is 2.16. The Morgan fingerprint density at radius 1 is 1.17 bits per heavy atom. The lowest BCUT2D eigenvalue weighted by molar-refractivity contribution is -0.137. The van der Waals surface area contributed by atoms with Crippen molar-refractivity contribution in [2.24, 2.45) is 5.73 Å². The molecule has 23 heavy (non-hydrogen) atoms. The first-order valence-corrected chi connectivity index (χ1v) is 7.20. The van der Waals surface area contributed by atoms with Gasteiger partial charge in [0.1, 0.15) is 5.82 Å². The van der Waals surface area contributed by atoms with Crippen molar-refractivity contribution in [3.63, 3.8) is 0 Å². The van der Waals surface area contributed by atoms with Crippen LogP contribution >= 0.6 is 0 Å². The first-order valence-electron chi connectivity index (χ1n) is 7.20. The molecule has 0 spiro atoms. The molecule has 2 amide bonds. The monoisotopic (exact) mass is 313 g/mol. The quantitative estimate of drug-likeness (QED) is 0.745. The van der Waals surface area contributed by atoms with E-state index in [0.717, 1.165) is 30.0 Å². The van der Waals surface area contributed by atoms with Gasteiger partial charge in [-0.15, -0.1) is 0 Å². The molecule has 0 aliphatic carbocycles. The molecule has 2 aromatic heterocycles. The van der Waals surface area contributed by atoms with E-state index in [-0.39, 0.29) is 6.54 Å². The zero-order valence-electron chi connectivity index (χ0n) is 12.9. The van der Waals surface area contributed by atoms with Gasteiger partial charge in [-0.25, -0.2) is 4.98 Å². The summed E-state index contributed by atoms with van der Waals surface area (Å²) in [4.78, 5) is 32.7. The van der Waals surface area contributed by atoms with E-state index in [4.69, 9.17) is 5.73 Å². The van der Waals surface area contributed by atoms with Gasteiger partial charge in [-0.1, -0.05) is 12.1 Å². The summed E-state index contributed by atoms with van der Waals surface area (Å²) in [5.41, 5.74) is 6.74. The Labute approximate surface area is 134 Å². The highest BCUT2D eigenvalue weighted by Gasteiger charge is 2.12. The number of aromatic nitrogens is 2. The third-order valence-corrected chi connectivity index (χ3v) is 3.32. The predicted molar refractivity (Wildman–Crippen MR) is 86.5 cm³/mol. The van der Waals surface area contributed by atoms with Crippen molar-refractivity contribution in [2.75, 3.05) is 18.5 Å². The number of nitrogens with one attached hydrogen (secondary N) is 1. The van der Waals surface area contributed by atoms with Gasteiger partial charge in [0.25, 0.3) is 0 Å². The van der Waals surface area contributed by atoms with Gasteiger partial charge in [0, 0.05) is 50.2 Å². The van der Waals surface area contributed by atoms with Crippen LogP contribution in [0.25, 0.3) is 0 Å². The average Bonchev–Trinajstić information content (AvgIpc) is 2.58. The number of amides is 2. The number of rotatable bonds is 6. The van der Waals surface area contributed by atoms with Crippen molar-refractivity contribution in [1.82, 2.24) is 15.3 Å². The van der Waals surface area contributed by atoms with Gasteiger partial charge in [-0.05, 0) is 18.2 Å². The molecule has 120 valence electrons. The fourth-order valence-electron chi connectivity index (χ4n) is 2.11. The van der Waals surface area contributed by atoms with Gasteiger partial charge in [-0.3, -0.25) is 14.6 Å². The summed E-state index contributed by atoms with van der Waals surface area (Å²) in [7, 11) is 1.92. The maximum atomic E-state index is 11.3. The molecule has 0 aromatic carbocycles. The first kappa shape index (κ1) is 16.4. The molecule has 0 aliphatic rings. The van der Waals surface area contributed by atoms with E-state index in [1.807, 2.05) is 36.2 Å². The van der Waals surface area contributed by atoms with Crippen molar-refractivity contribution in [1.29, 1.82) is 0 Å². The molecule has 7 nitrogen and oxygen atoms in total. The molecule has 0 fully saturated rings. The second-order valence-electron chi connectivity index (χ2n) is 5.03. The molecule has 2 aromatic rings. The number of likely N-dealkylation sites (N-methyl/N-ethyl adjacent to an activating group) is 1. The summed E-state index contributed by atoms with van der Waals surface area (Å²) in [6.07, 6.45) is 4.23. The molecule has 7 heteroatoms. The molecule has 0 bridgehead atoms. The van der Waals surface area contributed by atoms with Crippen LogP contribution < -0.4 is 16.0 Å². The summed E-state index contributed by atoms with van der Waals surface area (Å²) in [6, 6.07) is 9.43. The van der Waals surface area contributed by atoms with Crippen LogP contribution in [0.5, 0.6) is 0 Å². The van der Waals surface area contributed by atoms with Crippen molar-refractivity contribution < 1.29 is 9.59 Å². The van der Waals surface area contributed by atoms with Crippen LogP contribution in [0, 0.1) is 0 Å². The standard InChI is InChI=1S/C16H19N5O2/c1-21(10-7-13-6-2-3-8-18-13)15-12(5-4-9-19-15)11-20-16(23)14(17)22/h2-6,8-9H,7,10-11H2,1H3,(H2,17,22)(H,20,23). The predicted octanol–water partition coefficient (Wildman–Crippen LogP) is 0.257. The molecule has 0 saturated heterocycles. The molecule has 0 radical (unpaired) electrons. The molecular formula is C16H19N5O2. The van der Waals surface area contributed by atoms with Crippen LogP contribution in [-0.4, -0.2) is 35.4 Å². The summed E-state index contributed by atoms with van der Waals surface area (Å²) >= 11 is 0. The Kier molecular flexibility index (Phi) is 5.62. The van der Waals surface area contributed by atoms with E-state index >= 15 is 0 Å². The van der Waals surface area contributed by atoms with Crippen LogP contribution in [-0.2, 0) is 22.6 Å². The molecule has 2 heterocycles. The van der Waals surface area contributed by atoms with E-state index < -0.39 is 11.8 Å². The second-order valence-corrected chi connectivity index (χ2v) is 5.03. The van der Waals surface area contributed by atoms with Gasteiger partial charge in [0.2, 0.25) is 0 Å². The number of pyridine rings is 2. The molecule has 2 rings (SSSR count). The molecule has 0 unspecified atom stereocenters. The molecule has 3 N–H and O–H groups in total. The summed E-state index contributed by atoms with van der Waals surface area (Å²) < 4.78 is 0. The Hall–Kier alpha value is -2.96. The van der Waals surface area contributed by atoms with Crippen LogP contribution in [0.1, 0.15) is 11.3 Å². The topological polar surface area (TPSA) is 101 Å². The summed E-state index contributed by atoms with van der Waals surface area (Å²) in [5.74, 6) is -1.07. The average molecular weight is 313 g/mol. The Balaban J connectivity index is 2.00. The van der Waals surface area contributed by atoms with Gasteiger partial charge in [-0.2, -0.15) is 0 Å². The minimum atomic E-state index is -1.00. The van der Waals surface area contributed by atoms with Gasteiger partial charge in [0.15, 0.2) is 0 Å². The van der Waals surface area contributed by atoms with Crippen molar-refractivity contribution in [3.05, 3.63) is 54.0 Å². The highest BCUT2D eigenvalue weighted by molar-refractivity contribution is 6.34. The maximum Gasteiger partial charge on any atom is 0.309 e. The van der Waals surface area contributed by atoms with E-state index in [0.29, 0.717) is 0 Å². The highest BCUT2D eigenvalue weighted by atomic mass is 16.2. The fraction of sp³-hybridized carbons (Fsp3) is 0.250. The van der Waals surface area contributed by atoms with E-state index in [2.05, 4.69) is 15.3 Å². The zero-order chi connectivity index (χ0) is 16.7. The van der Waals surface area contributed by atoms with Gasteiger partial charge < -0.3 is 16.0 Å². The number of carbonyl (C=O) groups excluding carboxylic acids is 2. The van der Waals surface area contributed by atoms with Crippen LogP contribution in [0.2, 0.25) is 0 Å². The Morgan fingerprint density at radius 3 is 2.65 bits per heavy atom. The normalized spacial score (nSPS) is 10.1. The van der Waals surface area contributed by atoms with Crippen LogP contribution in [0.4, 0.5) is 5.82 Å². The largest absolute Gasteiger partial charge is 0.361 e. The summed E-state index contributed by atoms with van der Waals surface area (Å²) in [6.45, 7) is 0.920. The number of primary amides is 1. The molecule has 0 atom stereocenters. The maximum absolute atomic E-state index is 11.3. The fourth-order valence-corrected chi connectivity index (χ4v) is 2.11. The third kappa shape index (κ3) is 4.77. The molecule has 0 saturated carbocycles. The second kappa shape index (κ2) is 7.88. The lowest BCUT2D eigenvalue weighted by Crippen LogP contribution is -2.36. The van der Waals surface area contributed by atoms with Crippen LogP contribution in [0.15, 0.2) is 42.7 Å². The molecule has 0 aliphatic heterocycles.